The standard InChI is InChI=1S/C28H39N3O3/c1-21-24(8-5-10-26(21)28(33)29-13-18-31-17-12-23(32)20-31)25-9-6-11-27(22(25)2)34-19-7-16-30-14-3-4-15-30/h5-6,8-11,23,32H,3-4,7,12-20H2,1-2H3,(H,29,33). The number of aliphatic hydroxyl groups is 1. The number of nitrogens with zero attached hydrogens (tertiary/aromatic N) is 2. The Bertz CT molecular complexity index is 971. The van der Waals surface area contributed by atoms with Gasteiger partial charge in [0.15, 0.2) is 0 Å². The monoisotopic (exact) mass is 465 g/mol. The zero-order valence-corrected chi connectivity index (χ0v) is 20.7. The maximum Gasteiger partial charge on any atom is 0.251 e. The molecule has 0 aromatic heterocycles. The second kappa shape index (κ2) is 11.8. The van der Waals surface area contributed by atoms with E-state index < -0.39 is 0 Å². The number of carbonyl (C=O) groups excluding carboxylic acids is 1. The lowest BCUT2D eigenvalue weighted by Gasteiger charge is -2.18. The molecule has 1 atom stereocenters. The van der Waals surface area contributed by atoms with Crippen molar-refractivity contribution in [1.82, 2.24) is 15.1 Å². The van der Waals surface area contributed by atoms with Crippen molar-refractivity contribution in [2.24, 2.45) is 0 Å². The Balaban J connectivity index is 1.38. The van der Waals surface area contributed by atoms with Crippen molar-refractivity contribution in [2.45, 2.75) is 45.6 Å². The number of amides is 1. The van der Waals surface area contributed by atoms with Gasteiger partial charge in [0.05, 0.1) is 12.7 Å². The lowest BCUT2D eigenvalue weighted by atomic mass is 9.93. The number of aliphatic hydroxyl groups excluding tert-OH is 1. The van der Waals surface area contributed by atoms with Crippen LogP contribution < -0.4 is 10.1 Å². The molecule has 1 amide bonds. The van der Waals surface area contributed by atoms with Crippen LogP contribution in [-0.2, 0) is 0 Å². The molecule has 6 heteroatoms. The molecule has 0 aliphatic carbocycles. The molecule has 4 rings (SSSR count). The lowest BCUT2D eigenvalue weighted by Crippen LogP contribution is -2.34. The molecular formula is C28H39N3O3. The summed E-state index contributed by atoms with van der Waals surface area (Å²) in [6.07, 6.45) is 4.26. The van der Waals surface area contributed by atoms with Crippen molar-refractivity contribution in [1.29, 1.82) is 0 Å². The van der Waals surface area contributed by atoms with Crippen molar-refractivity contribution < 1.29 is 14.6 Å². The minimum atomic E-state index is -0.234. The molecule has 2 aliphatic heterocycles. The highest BCUT2D eigenvalue weighted by Crippen LogP contribution is 2.33. The molecule has 0 bridgehead atoms. The number of benzene rings is 2. The summed E-state index contributed by atoms with van der Waals surface area (Å²) in [6, 6.07) is 12.1. The summed E-state index contributed by atoms with van der Waals surface area (Å²) < 4.78 is 6.16. The van der Waals surface area contributed by atoms with Gasteiger partial charge in [-0.25, -0.2) is 0 Å². The van der Waals surface area contributed by atoms with Crippen LogP contribution in [0.5, 0.6) is 5.75 Å². The average molecular weight is 466 g/mol. The van der Waals surface area contributed by atoms with Gasteiger partial charge in [0.1, 0.15) is 5.75 Å². The van der Waals surface area contributed by atoms with E-state index in [0.717, 1.165) is 67.1 Å². The largest absolute Gasteiger partial charge is 0.493 e. The van der Waals surface area contributed by atoms with E-state index in [1.165, 1.54) is 25.9 Å². The van der Waals surface area contributed by atoms with Crippen molar-refractivity contribution >= 4 is 5.91 Å². The number of hydrogen-bond donors (Lipinski definition) is 2. The zero-order valence-electron chi connectivity index (χ0n) is 20.7. The van der Waals surface area contributed by atoms with E-state index >= 15 is 0 Å². The van der Waals surface area contributed by atoms with Gasteiger partial charge in [-0.1, -0.05) is 24.3 Å². The maximum absolute atomic E-state index is 12.9. The van der Waals surface area contributed by atoms with Crippen LogP contribution in [0.2, 0.25) is 0 Å². The van der Waals surface area contributed by atoms with Crippen LogP contribution >= 0.6 is 0 Å². The van der Waals surface area contributed by atoms with E-state index in [9.17, 15) is 9.90 Å². The molecule has 184 valence electrons. The third-order valence-corrected chi connectivity index (χ3v) is 7.19. The molecule has 1 unspecified atom stereocenters. The fourth-order valence-corrected chi connectivity index (χ4v) is 5.15. The highest BCUT2D eigenvalue weighted by atomic mass is 16.5. The Kier molecular flexibility index (Phi) is 8.59. The normalized spacial score (nSPS) is 19.0. The molecule has 0 radical (unpaired) electrons. The number of nitrogens with one attached hydrogen (secondary N) is 1. The van der Waals surface area contributed by atoms with Crippen LogP contribution in [0.4, 0.5) is 0 Å². The van der Waals surface area contributed by atoms with E-state index in [4.69, 9.17) is 4.74 Å². The second-order valence-corrected chi connectivity index (χ2v) is 9.66. The van der Waals surface area contributed by atoms with Gasteiger partial charge in [0.25, 0.3) is 5.91 Å². The Morgan fingerprint density at radius 3 is 2.47 bits per heavy atom. The van der Waals surface area contributed by atoms with Crippen LogP contribution in [0.3, 0.4) is 0 Å². The topological polar surface area (TPSA) is 65.0 Å². The fourth-order valence-electron chi connectivity index (χ4n) is 5.15. The van der Waals surface area contributed by atoms with Gasteiger partial charge in [0.2, 0.25) is 0 Å². The first-order valence-electron chi connectivity index (χ1n) is 12.8. The Morgan fingerprint density at radius 1 is 1.00 bits per heavy atom. The lowest BCUT2D eigenvalue weighted by molar-refractivity contribution is 0.0948. The Morgan fingerprint density at radius 2 is 1.74 bits per heavy atom. The van der Waals surface area contributed by atoms with Gasteiger partial charge < -0.3 is 20.1 Å². The first-order valence-corrected chi connectivity index (χ1v) is 12.8. The second-order valence-electron chi connectivity index (χ2n) is 9.66. The smallest absolute Gasteiger partial charge is 0.251 e. The van der Waals surface area contributed by atoms with Gasteiger partial charge in [-0.2, -0.15) is 0 Å². The van der Waals surface area contributed by atoms with Gasteiger partial charge in [0, 0.05) is 38.3 Å². The molecule has 2 heterocycles. The van der Waals surface area contributed by atoms with Gasteiger partial charge in [-0.05, 0) is 87.0 Å². The quantitative estimate of drug-likeness (QED) is 0.525. The Hall–Kier alpha value is -2.41. The van der Waals surface area contributed by atoms with Crippen LogP contribution in [0.25, 0.3) is 11.1 Å². The third-order valence-electron chi connectivity index (χ3n) is 7.19. The molecule has 6 nitrogen and oxygen atoms in total. The minimum Gasteiger partial charge on any atom is -0.493 e. The van der Waals surface area contributed by atoms with Crippen molar-refractivity contribution in [3.63, 3.8) is 0 Å². The van der Waals surface area contributed by atoms with Gasteiger partial charge >= 0.3 is 0 Å². The predicted molar refractivity (Wildman–Crippen MR) is 137 cm³/mol. The SMILES string of the molecule is Cc1c(OCCCN2CCCC2)cccc1-c1cccc(C(=O)NCCN2CCC(O)C2)c1C. The molecule has 2 fully saturated rings. The summed E-state index contributed by atoms with van der Waals surface area (Å²) in [6.45, 7) is 11.3. The summed E-state index contributed by atoms with van der Waals surface area (Å²) in [5, 5.41) is 12.7. The molecule has 0 saturated carbocycles. The molecule has 2 N–H and O–H groups in total. The summed E-state index contributed by atoms with van der Waals surface area (Å²) in [5.74, 6) is 0.868. The van der Waals surface area contributed by atoms with Crippen molar-refractivity contribution in [3.05, 3.63) is 53.1 Å². The summed E-state index contributed by atoms with van der Waals surface area (Å²) in [7, 11) is 0. The number of carbonyl (C=O) groups is 1. The van der Waals surface area contributed by atoms with Crippen LogP contribution in [0.1, 0.15) is 47.2 Å². The number of hydrogen-bond acceptors (Lipinski definition) is 5. The molecule has 34 heavy (non-hydrogen) atoms. The first kappa shape index (κ1) is 24.7. The molecule has 0 spiro atoms. The number of rotatable bonds is 10. The third kappa shape index (κ3) is 6.17. The number of β-amino-alcohol motifs (C(OH)–C–C–N with tert-alkyl or cyclic N) is 1. The molecule has 2 saturated heterocycles. The van der Waals surface area contributed by atoms with E-state index in [1.807, 2.05) is 31.2 Å². The number of ether oxygens (including phenoxy) is 1. The van der Waals surface area contributed by atoms with Crippen molar-refractivity contribution in [3.8, 4) is 16.9 Å². The number of likely N-dealkylation sites (tertiary alicyclic amines) is 2. The minimum absolute atomic E-state index is 0.0499. The van der Waals surface area contributed by atoms with Crippen LogP contribution in [0, 0.1) is 13.8 Å². The van der Waals surface area contributed by atoms with E-state index in [-0.39, 0.29) is 12.0 Å². The molecule has 2 aromatic carbocycles. The average Bonchev–Trinajstić information content (AvgIpc) is 3.50. The van der Waals surface area contributed by atoms with Gasteiger partial charge in [-0.15, -0.1) is 0 Å². The fraction of sp³-hybridized carbons (Fsp3) is 0.536. The maximum atomic E-state index is 12.9. The van der Waals surface area contributed by atoms with E-state index in [1.54, 1.807) is 0 Å². The van der Waals surface area contributed by atoms with Crippen LogP contribution in [-0.4, -0.2) is 79.3 Å². The van der Waals surface area contributed by atoms with Crippen LogP contribution in [0.15, 0.2) is 36.4 Å². The van der Waals surface area contributed by atoms with Gasteiger partial charge in [-0.3, -0.25) is 9.69 Å². The summed E-state index contributed by atoms with van der Waals surface area (Å²) >= 11 is 0. The predicted octanol–water partition coefficient (Wildman–Crippen LogP) is 3.63. The zero-order chi connectivity index (χ0) is 23.9. The highest BCUT2D eigenvalue weighted by molar-refractivity contribution is 5.97. The molecule has 2 aromatic rings. The molecular weight excluding hydrogens is 426 g/mol. The highest BCUT2D eigenvalue weighted by Gasteiger charge is 2.20. The first-order chi connectivity index (χ1) is 16.5. The van der Waals surface area contributed by atoms with E-state index in [0.29, 0.717) is 18.7 Å². The molecule has 2 aliphatic rings. The van der Waals surface area contributed by atoms with E-state index in [2.05, 4.69) is 34.2 Å². The Labute approximate surface area is 203 Å². The summed E-state index contributed by atoms with van der Waals surface area (Å²) in [5.41, 5.74) is 4.96. The summed E-state index contributed by atoms with van der Waals surface area (Å²) in [4.78, 5) is 17.6. The van der Waals surface area contributed by atoms with Crippen molar-refractivity contribution in [2.75, 3.05) is 52.4 Å².